The molecule has 0 aromatic heterocycles. The van der Waals surface area contributed by atoms with Crippen molar-refractivity contribution in [1.82, 2.24) is 0 Å². The van der Waals surface area contributed by atoms with Crippen LogP contribution in [0.2, 0.25) is 5.02 Å². The van der Waals surface area contributed by atoms with Gasteiger partial charge in [-0.25, -0.2) is 4.39 Å². The summed E-state index contributed by atoms with van der Waals surface area (Å²) < 4.78 is 13.7. The van der Waals surface area contributed by atoms with E-state index < -0.39 is 5.82 Å². The number of halogens is 2. The van der Waals surface area contributed by atoms with Gasteiger partial charge < -0.3 is 5.32 Å². The highest BCUT2D eigenvalue weighted by Gasteiger charge is 2.35. The standard InChI is InChI=1S/C12H12ClFN2S/c13-8-2-1-3-9(11(8)14)16-12-15-6-10(17-12)7-4-5-7/h1-3,7,10H,4-6H2,(H,15,16). The van der Waals surface area contributed by atoms with Gasteiger partial charge in [0.1, 0.15) is 0 Å². The molecule has 0 bridgehead atoms. The average molecular weight is 271 g/mol. The zero-order chi connectivity index (χ0) is 11.8. The van der Waals surface area contributed by atoms with Gasteiger partial charge in [-0.2, -0.15) is 0 Å². The van der Waals surface area contributed by atoms with Crippen LogP contribution >= 0.6 is 23.4 Å². The number of hydrogen-bond acceptors (Lipinski definition) is 3. The molecule has 1 N–H and O–H groups in total. The first-order chi connectivity index (χ1) is 8.24. The van der Waals surface area contributed by atoms with Gasteiger partial charge in [0.15, 0.2) is 11.0 Å². The van der Waals surface area contributed by atoms with Gasteiger partial charge in [-0.05, 0) is 30.9 Å². The van der Waals surface area contributed by atoms with Crippen molar-refractivity contribution >= 4 is 34.2 Å². The lowest BCUT2D eigenvalue weighted by molar-refractivity contribution is 0.632. The van der Waals surface area contributed by atoms with Crippen LogP contribution in [0, 0.1) is 11.7 Å². The number of amidine groups is 1. The maximum Gasteiger partial charge on any atom is 0.165 e. The van der Waals surface area contributed by atoms with Crippen LogP contribution in [0.15, 0.2) is 23.2 Å². The molecule has 0 amide bonds. The number of benzene rings is 1. The summed E-state index contributed by atoms with van der Waals surface area (Å²) in [5, 5.41) is 4.54. The molecule has 1 aliphatic heterocycles. The molecule has 90 valence electrons. The third-order valence-corrected chi connectivity index (χ3v) is 4.60. The Labute approximate surface area is 109 Å². The smallest absolute Gasteiger partial charge is 0.165 e. The van der Waals surface area contributed by atoms with Gasteiger partial charge in [0.25, 0.3) is 0 Å². The van der Waals surface area contributed by atoms with Crippen molar-refractivity contribution in [2.75, 3.05) is 11.9 Å². The molecule has 5 heteroatoms. The van der Waals surface area contributed by atoms with Gasteiger partial charge >= 0.3 is 0 Å². The van der Waals surface area contributed by atoms with Crippen LogP contribution in [0.5, 0.6) is 0 Å². The maximum absolute atomic E-state index is 13.7. The van der Waals surface area contributed by atoms with E-state index in [9.17, 15) is 4.39 Å². The largest absolute Gasteiger partial charge is 0.333 e. The monoisotopic (exact) mass is 270 g/mol. The Kier molecular flexibility index (Phi) is 3.01. The lowest BCUT2D eigenvalue weighted by atomic mass is 10.3. The van der Waals surface area contributed by atoms with Crippen molar-refractivity contribution in [1.29, 1.82) is 0 Å². The van der Waals surface area contributed by atoms with Crippen LogP contribution in [-0.4, -0.2) is 17.0 Å². The minimum atomic E-state index is -0.410. The Hall–Kier alpha value is -0.740. The van der Waals surface area contributed by atoms with Crippen LogP contribution in [0.3, 0.4) is 0 Å². The molecule has 0 spiro atoms. The molecule has 1 heterocycles. The lowest BCUT2D eigenvalue weighted by Crippen LogP contribution is -2.09. The summed E-state index contributed by atoms with van der Waals surface area (Å²) in [6.07, 6.45) is 2.62. The summed E-state index contributed by atoms with van der Waals surface area (Å²) in [5.74, 6) is 0.402. The topological polar surface area (TPSA) is 24.4 Å². The molecule has 2 aliphatic rings. The molecule has 3 rings (SSSR count). The Morgan fingerprint density at radius 3 is 3.00 bits per heavy atom. The van der Waals surface area contributed by atoms with Crippen LogP contribution in [0.4, 0.5) is 10.1 Å². The molecule has 2 nitrogen and oxygen atoms in total. The number of hydrogen-bond donors (Lipinski definition) is 1. The molecule has 0 saturated heterocycles. The van der Waals surface area contributed by atoms with E-state index in [-0.39, 0.29) is 5.02 Å². The molecule has 1 fully saturated rings. The van der Waals surface area contributed by atoms with Gasteiger partial charge in [0.05, 0.1) is 17.3 Å². The number of nitrogens with zero attached hydrogens (tertiary/aromatic N) is 1. The summed E-state index contributed by atoms with van der Waals surface area (Å²) in [5.41, 5.74) is 0.403. The maximum atomic E-state index is 13.7. The fourth-order valence-electron chi connectivity index (χ4n) is 1.89. The zero-order valence-corrected chi connectivity index (χ0v) is 10.7. The van der Waals surface area contributed by atoms with E-state index in [0.717, 1.165) is 17.6 Å². The molecule has 1 unspecified atom stereocenters. The molecule has 1 aromatic rings. The highest BCUT2D eigenvalue weighted by Crippen LogP contribution is 2.42. The van der Waals surface area contributed by atoms with E-state index in [1.165, 1.54) is 12.8 Å². The predicted molar refractivity (Wildman–Crippen MR) is 71.4 cm³/mol. The lowest BCUT2D eigenvalue weighted by Gasteiger charge is -2.09. The first-order valence-electron chi connectivity index (χ1n) is 5.66. The third-order valence-electron chi connectivity index (χ3n) is 3.02. The first-order valence-corrected chi connectivity index (χ1v) is 6.92. The van der Waals surface area contributed by atoms with E-state index in [1.54, 1.807) is 30.0 Å². The minimum absolute atomic E-state index is 0.136. The molecule has 17 heavy (non-hydrogen) atoms. The van der Waals surface area contributed by atoms with E-state index in [2.05, 4.69) is 10.3 Å². The van der Waals surface area contributed by atoms with E-state index in [4.69, 9.17) is 11.6 Å². The Bertz CT molecular complexity index is 474. The van der Waals surface area contributed by atoms with Gasteiger partial charge in [-0.15, -0.1) is 0 Å². The van der Waals surface area contributed by atoms with Crippen molar-refractivity contribution in [3.05, 3.63) is 29.0 Å². The first kappa shape index (κ1) is 11.4. The van der Waals surface area contributed by atoms with Crippen molar-refractivity contribution in [2.45, 2.75) is 18.1 Å². The Morgan fingerprint density at radius 2 is 2.24 bits per heavy atom. The second kappa shape index (κ2) is 4.50. The van der Waals surface area contributed by atoms with Gasteiger partial charge in [0, 0.05) is 5.25 Å². The highest BCUT2D eigenvalue weighted by atomic mass is 35.5. The van der Waals surface area contributed by atoms with Crippen molar-refractivity contribution in [3.8, 4) is 0 Å². The SMILES string of the molecule is Fc1c(Cl)cccc1NC1=NCC(C2CC2)S1. The fourth-order valence-corrected chi connectivity index (χ4v) is 3.28. The second-order valence-electron chi connectivity index (χ2n) is 4.37. The molecule has 1 saturated carbocycles. The third kappa shape index (κ3) is 2.43. The predicted octanol–water partition coefficient (Wildman–Crippen LogP) is 3.77. The van der Waals surface area contributed by atoms with Gasteiger partial charge in [-0.1, -0.05) is 29.4 Å². The van der Waals surface area contributed by atoms with E-state index in [1.807, 2.05) is 0 Å². The number of nitrogens with one attached hydrogen (secondary N) is 1. The molecular formula is C12H12ClFN2S. The summed E-state index contributed by atoms with van der Waals surface area (Å²) in [7, 11) is 0. The molecule has 1 atom stereocenters. The van der Waals surface area contributed by atoms with E-state index >= 15 is 0 Å². The molecule has 0 radical (unpaired) electrons. The summed E-state index contributed by atoms with van der Waals surface area (Å²) in [6, 6.07) is 4.94. The summed E-state index contributed by atoms with van der Waals surface area (Å²) >= 11 is 7.45. The zero-order valence-electron chi connectivity index (χ0n) is 9.12. The van der Waals surface area contributed by atoms with Crippen LogP contribution in [0.1, 0.15) is 12.8 Å². The van der Waals surface area contributed by atoms with Gasteiger partial charge in [0.2, 0.25) is 0 Å². The van der Waals surface area contributed by atoms with Crippen molar-refractivity contribution in [2.24, 2.45) is 10.9 Å². The van der Waals surface area contributed by atoms with E-state index in [0.29, 0.717) is 10.9 Å². The fraction of sp³-hybridized carbons (Fsp3) is 0.417. The second-order valence-corrected chi connectivity index (χ2v) is 6.00. The molecule has 1 aliphatic carbocycles. The minimum Gasteiger partial charge on any atom is -0.333 e. The van der Waals surface area contributed by atoms with Crippen LogP contribution < -0.4 is 5.32 Å². The van der Waals surface area contributed by atoms with Gasteiger partial charge in [-0.3, -0.25) is 4.99 Å². The Balaban J connectivity index is 1.69. The number of thioether (sulfide) groups is 1. The molecular weight excluding hydrogens is 259 g/mol. The number of rotatable bonds is 2. The summed E-state index contributed by atoms with van der Waals surface area (Å²) in [4.78, 5) is 4.40. The normalized spacial score (nSPS) is 23.6. The summed E-state index contributed by atoms with van der Waals surface area (Å²) in [6.45, 7) is 0.847. The van der Waals surface area contributed by atoms with Crippen LogP contribution in [-0.2, 0) is 0 Å². The Morgan fingerprint density at radius 1 is 1.41 bits per heavy atom. The van der Waals surface area contributed by atoms with Crippen molar-refractivity contribution < 1.29 is 4.39 Å². The molecule has 1 aromatic carbocycles. The highest BCUT2D eigenvalue weighted by molar-refractivity contribution is 8.15. The van der Waals surface area contributed by atoms with Crippen molar-refractivity contribution in [3.63, 3.8) is 0 Å². The number of aliphatic imine (C=N–C) groups is 1. The number of anilines is 1. The van der Waals surface area contributed by atoms with Crippen LogP contribution in [0.25, 0.3) is 0 Å². The quantitative estimate of drug-likeness (QED) is 0.885. The average Bonchev–Trinajstić information content (AvgIpc) is 3.06.